The minimum Gasteiger partial charge on any atom is -0.493 e. The molecule has 0 N–H and O–H groups in total. The molecular weight excluding hydrogens is 2030 g/mol. The molecule has 0 amide bonds. The summed E-state index contributed by atoms with van der Waals surface area (Å²) in [5.41, 5.74) is 22.1. The van der Waals surface area contributed by atoms with Crippen molar-refractivity contribution in [2.24, 2.45) is 0 Å². The molecule has 0 unspecified atom stereocenters. The first kappa shape index (κ1) is 100. The Labute approximate surface area is 853 Å². The third-order valence-corrected chi connectivity index (χ3v) is 38.5. The van der Waals surface area contributed by atoms with Gasteiger partial charge < -0.3 is 66.6 Å². The molecule has 21 heteroatoms. The first-order valence-corrected chi connectivity index (χ1v) is 62.6. The van der Waals surface area contributed by atoms with Gasteiger partial charge in [0.15, 0.2) is 25.2 Å². The summed E-state index contributed by atoms with van der Waals surface area (Å²) >= 11 is 10.7. The van der Waals surface area contributed by atoms with E-state index >= 15 is 0 Å². The van der Waals surface area contributed by atoms with E-state index in [0.29, 0.717) is 79.3 Å². The van der Waals surface area contributed by atoms with Gasteiger partial charge in [-0.3, -0.25) is 0 Å². The van der Waals surface area contributed by atoms with Gasteiger partial charge in [0.2, 0.25) is 0 Å². The summed E-state index contributed by atoms with van der Waals surface area (Å²) in [6, 6.07) is 114. The molecule has 718 valence electrons. The Hall–Kier alpha value is -10.2. The van der Waals surface area contributed by atoms with Crippen molar-refractivity contribution in [1.29, 1.82) is 0 Å². The fourth-order valence-electron chi connectivity index (χ4n) is 17.4. The number of benzene rings is 12. The Bertz CT molecular complexity index is 6090. The molecule has 7 heterocycles. The van der Waals surface area contributed by atoms with Crippen LogP contribution in [-0.2, 0) is 63.6 Å². The molecule has 0 aliphatic carbocycles. The average molecular weight is 2150 g/mol. The zero-order chi connectivity index (χ0) is 95.5. The third kappa shape index (κ3) is 28.0. The minimum absolute atomic E-state index is 0.221. The van der Waals surface area contributed by atoms with Gasteiger partial charge >= 0.3 is 148 Å². The van der Waals surface area contributed by atoms with Crippen molar-refractivity contribution in [2.45, 2.75) is 138 Å². The van der Waals surface area contributed by atoms with Crippen LogP contribution in [-0.4, -0.2) is 97.7 Å². The summed E-state index contributed by atoms with van der Waals surface area (Å²) in [4.78, 5) is 16.7. The molecule has 19 rings (SSSR count). The molecule has 12 aromatic carbocycles. The number of halogens is 2. The smallest absolute Gasteiger partial charge is 0.184 e. The summed E-state index contributed by atoms with van der Waals surface area (Å²) in [5.74, 6) is 3.29. The normalized spacial score (nSPS) is 14.1. The van der Waals surface area contributed by atoms with E-state index in [1.165, 1.54) is 55.3 Å². The second kappa shape index (κ2) is 50.4. The second-order valence-corrected chi connectivity index (χ2v) is 56.6. The van der Waals surface area contributed by atoms with Crippen LogP contribution in [0.15, 0.2) is 330 Å². The summed E-state index contributed by atoms with van der Waals surface area (Å²) in [6.45, 7) is 14.0. The zero-order valence-electron chi connectivity index (χ0n) is 80.1. The predicted molar refractivity (Wildman–Crippen MR) is 579 cm³/mol. The fraction of sp³-hybridized carbons (Fsp3) is 0.288. The van der Waals surface area contributed by atoms with Gasteiger partial charge in [-0.25, -0.2) is 0 Å². The van der Waals surface area contributed by atoms with E-state index in [2.05, 4.69) is 392 Å². The molecular formula is C118H123Br2N3O12S3Sn. The van der Waals surface area contributed by atoms with Crippen LogP contribution in [0.1, 0.15) is 138 Å². The van der Waals surface area contributed by atoms with Crippen LogP contribution in [0.4, 0.5) is 49.1 Å². The summed E-state index contributed by atoms with van der Waals surface area (Å²) < 4.78 is 75.3. The van der Waals surface area contributed by atoms with Crippen molar-refractivity contribution in [2.75, 3.05) is 94.0 Å². The topological polar surface area (TPSA) is 120 Å². The molecule has 139 heavy (non-hydrogen) atoms. The van der Waals surface area contributed by atoms with Crippen molar-refractivity contribution in [3.8, 4) is 43.9 Å². The summed E-state index contributed by atoms with van der Waals surface area (Å²) in [7, 11) is 0. The number of nitrogens with zero attached hydrogens (tertiary/aromatic N) is 3. The van der Waals surface area contributed by atoms with Crippen LogP contribution < -0.4 is 36.5 Å². The number of ether oxygens (including phenoxy) is 12. The Morgan fingerprint density at radius 3 is 0.835 bits per heavy atom. The van der Waals surface area contributed by atoms with Gasteiger partial charge in [0.25, 0.3) is 0 Å². The zero-order valence-corrected chi connectivity index (χ0v) is 88.6. The molecule has 0 radical (unpaired) electrons. The van der Waals surface area contributed by atoms with Crippen molar-refractivity contribution < 1.29 is 56.8 Å². The average Bonchev–Trinajstić information content (AvgIpc) is 1.64. The van der Waals surface area contributed by atoms with Gasteiger partial charge in [0, 0.05) is 65.9 Å². The molecule has 4 aliphatic heterocycles. The van der Waals surface area contributed by atoms with Crippen LogP contribution in [0.25, 0.3) is 20.9 Å². The first-order chi connectivity index (χ1) is 68.1. The van der Waals surface area contributed by atoms with Gasteiger partial charge in [0.05, 0.1) is 88.2 Å². The Morgan fingerprint density at radius 2 is 0.547 bits per heavy atom. The van der Waals surface area contributed by atoms with Crippen molar-refractivity contribution in [1.82, 2.24) is 0 Å². The minimum atomic E-state index is -2.03. The van der Waals surface area contributed by atoms with E-state index in [-0.39, 0.29) is 25.2 Å². The molecule has 0 saturated carbocycles. The van der Waals surface area contributed by atoms with E-state index in [4.69, 9.17) is 56.8 Å². The van der Waals surface area contributed by atoms with Gasteiger partial charge in [0.1, 0.15) is 33.0 Å². The first-order valence-electron chi connectivity index (χ1n) is 48.6. The molecule has 15 aromatic rings. The number of anilines is 9. The maximum Gasteiger partial charge on any atom is 0.184 e. The van der Waals surface area contributed by atoms with Gasteiger partial charge in [-0.2, -0.15) is 0 Å². The Morgan fingerprint density at radius 1 is 0.273 bits per heavy atom. The van der Waals surface area contributed by atoms with Crippen LogP contribution in [0.3, 0.4) is 0 Å². The van der Waals surface area contributed by atoms with E-state index in [9.17, 15) is 0 Å². The number of hydrogen-bond donors (Lipinski definition) is 0. The van der Waals surface area contributed by atoms with Crippen molar-refractivity contribution in [3.63, 3.8) is 0 Å². The largest absolute Gasteiger partial charge is 0.493 e. The molecule has 4 fully saturated rings. The van der Waals surface area contributed by atoms with E-state index in [0.717, 1.165) is 185 Å². The number of hydrogen-bond acceptors (Lipinski definition) is 18. The molecule has 3 aromatic heterocycles. The quantitative estimate of drug-likeness (QED) is 0.0267. The van der Waals surface area contributed by atoms with Gasteiger partial charge in [-0.15, -0.1) is 22.7 Å². The Kier molecular flexibility index (Phi) is 36.4. The molecule has 0 atom stereocenters. The maximum atomic E-state index is 7.02. The number of unbranched alkanes of at least 4 members (excludes halogenated alkanes) is 4. The number of rotatable bonds is 40. The number of thiophene rings is 3. The van der Waals surface area contributed by atoms with Crippen LogP contribution in [0, 0.1) is 20.8 Å². The standard InChI is InChI=1S/C66H64N2O6S2.C32H36Br2O6.C17H14NS.3CH3.Sn/c1-47-17-13-29-55(41-47)67(53-25-5-3-6-26-53)63-33-31-61(75-63)57-45-60(70-36-12-10-20-50-22-16-24-52(44-50)66-73-39-40-74-66)58(46-59(57)69-35-11-9-19-49-21-15-23-51(43-49)65-71-37-38-72-65)62-32-34-64(76-62)68(54-27-7-4-8-28-54)56-30-14-18-48(2)42-56;33-27-22-30(36-14-4-2-8-24-10-6-12-26(20-24)32-39-17-18-40-32)28(34)21-29(27)35-13-3-1-7-23-9-5-11-25(19-23)31-37-15-16-38-31;1-14-7-5-10-16(13-14)18(17-11-6-12-19-17)15-8-3-2-4-9-15;;;;/h3-8,13-18,21-34,41-46,65-66H,9-12,19-20,35-40H2,1-2H3;5-6,9-12,19-22,31-32H,1-4,7-8,13-18H2;2-11,13H,1H3;3*1H3;. The molecule has 0 bridgehead atoms. The fourth-order valence-corrected chi connectivity index (χ4v) is 26.7. The van der Waals surface area contributed by atoms with Crippen molar-refractivity contribution >= 4 is 136 Å². The van der Waals surface area contributed by atoms with Crippen LogP contribution in [0.2, 0.25) is 14.8 Å². The van der Waals surface area contributed by atoms with Crippen LogP contribution in [0.5, 0.6) is 23.0 Å². The van der Waals surface area contributed by atoms with E-state index in [1.807, 2.05) is 23.5 Å². The maximum absolute atomic E-state index is 7.02. The van der Waals surface area contributed by atoms with Crippen LogP contribution >= 0.6 is 65.9 Å². The van der Waals surface area contributed by atoms with E-state index < -0.39 is 18.4 Å². The monoisotopic (exact) mass is 2150 g/mol. The number of aryl methyl sites for hydroxylation is 7. The number of para-hydroxylation sites is 3. The summed E-state index contributed by atoms with van der Waals surface area (Å²) in [5, 5.41) is 3.52. The van der Waals surface area contributed by atoms with E-state index in [1.54, 1.807) is 25.6 Å². The van der Waals surface area contributed by atoms with Crippen molar-refractivity contribution in [3.05, 3.63) is 392 Å². The SMILES string of the molecule is Brc1cc(OCCCCc2cccc(C3OCCO3)c2)c(Br)cc1OCCCCc1cccc(C2OCCO2)c1.Cc1cccc(N(c2ccccc2)c2cc[c]([Sn]([CH3])([CH3])[CH3])s2)c1.Cc1cccc(N(c2ccccc2)c2ccc(-c3cc(OCCCCc4cccc(C5OCCO5)c4)c(-c4ccc(N(c5ccccc5)c5cccc(C)c5)s4)cc3OCCCCc3cccc(C4OCCO4)c3)s2)c1. The molecule has 15 nitrogen and oxygen atoms in total. The summed E-state index contributed by atoms with van der Waals surface area (Å²) in [6.07, 6.45) is 10.6. The predicted octanol–water partition coefficient (Wildman–Crippen LogP) is 31.8. The van der Waals surface area contributed by atoms with Gasteiger partial charge in [-0.05, 0) is 253 Å². The third-order valence-electron chi connectivity index (χ3n) is 24.4. The molecule has 0 spiro atoms. The molecule has 4 saturated heterocycles. The second-order valence-electron chi connectivity index (χ2n) is 36.2. The Balaban J connectivity index is 0.000000174. The molecule has 4 aliphatic rings. The van der Waals surface area contributed by atoms with Gasteiger partial charge in [-0.1, -0.05) is 158 Å².